The van der Waals surface area contributed by atoms with Crippen LogP contribution in [0.3, 0.4) is 0 Å². The predicted octanol–water partition coefficient (Wildman–Crippen LogP) is 4.19. The van der Waals surface area contributed by atoms with Crippen LogP contribution in [0.15, 0.2) is 46.9 Å². The maximum atomic E-state index is 13.4. The Hall–Kier alpha value is -1.39. The highest BCUT2D eigenvalue weighted by atomic mass is 79.9. The normalized spacial score (nSPS) is 12.2. The summed E-state index contributed by atoms with van der Waals surface area (Å²) in [5.41, 5.74) is 7.60. The lowest BCUT2D eigenvalue weighted by Gasteiger charge is -2.11. The van der Waals surface area contributed by atoms with Gasteiger partial charge in [0.15, 0.2) is 0 Å². The average Bonchev–Trinajstić information content (AvgIpc) is 2.41. The summed E-state index contributed by atoms with van der Waals surface area (Å²) in [6.07, 6.45) is 0. The standard InChI is InChI=1S/C15H15BrFNO/c1-10(18)11-4-2-6-13(8-11)19-9-12-5-3-7-14(17)15(12)16/h2-8,10H,9,18H2,1H3/t10-/m0/s1. The van der Waals surface area contributed by atoms with Gasteiger partial charge in [-0.1, -0.05) is 24.3 Å². The summed E-state index contributed by atoms with van der Waals surface area (Å²) in [5, 5.41) is 0. The third kappa shape index (κ3) is 3.55. The zero-order chi connectivity index (χ0) is 13.8. The van der Waals surface area contributed by atoms with Crippen LogP contribution < -0.4 is 10.5 Å². The van der Waals surface area contributed by atoms with Gasteiger partial charge in [-0.05, 0) is 46.6 Å². The summed E-state index contributed by atoms with van der Waals surface area (Å²) in [5.74, 6) is 0.441. The first-order valence-corrected chi connectivity index (χ1v) is 6.78. The number of halogens is 2. The highest BCUT2D eigenvalue weighted by Crippen LogP contribution is 2.23. The van der Waals surface area contributed by atoms with E-state index in [9.17, 15) is 4.39 Å². The lowest BCUT2D eigenvalue weighted by Crippen LogP contribution is -2.05. The number of nitrogens with two attached hydrogens (primary N) is 1. The van der Waals surface area contributed by atoms with Crippen LogP contribution in [0.2, 0.25) is 0 Å². The lowest BCUT2D eigenvalue weighted by atomic mass is 10.1. The Kier molecular flexibility index (Phi) is 4.56. The van der Waals surface area contributed by atoms with Gasteiger partial charge >= 0.3 is 0 Å². The molecule has 0 aliphatic heterocycles. The molecule has 2 aromatic rings. The number of ether oxygens (including phenoxy) is 1. The van der Waals surface area contributed by atoms with E-state index in [1.807, 2.05) is 37.3 Å². The van der Waals surface area contributed by atoms with E-state index in [-0.39, 0.29) is 11.9 Å². The van der Waals surface area contributed by atoms with E-state index < -0.39 is 0 Å². The smallest absolute Gasteiger partial charge is 0.137 e. The molecule has 0 heterocycles. The molecule has 0 aliphatic carbocycles. The van der Waals surface area contributed by atoms with Gasteiger partial charge in [0.25, 0.3) is 0 Å². The fraction of sp³-hybridized carbons (Fsp3) is 0.200. The number of hydrogen-bond acceptors (Lipinski definition) is 2. The van der Waals surface area contributed by atoms with Crippen molar-refractivity contribution in [2.75, 3.05) is 0 Å². The van der Waals surface area contributed by atoms with E-state index in [1.165, 1.54) is 6.07 Å². The van der Waals surface area contributed by atoms with Gasteiger partial charge in [0.2, 0.25) is 0 Å². The molecule has 2 N–H and O–H groups in total. The Morgan fingerprint density at radius 1 is 1.26 bits per heavy atom. The van der Waals surface area contributed by atoms with Gasteiger partial charge in [0.05, 0.1) is 4.47 Å². The van der Waals surface area contributed by atoms with Crippen molar-refractivity contribution in [1.82, 2.24) is 0 Å². The molecule has 0 aliphatic rings. The summed E-state index contributed by atoms with van der Waals surface area (Å²) in [7, 11) is 0. The second-order valence-corrected chi connectivity index (χ2v) is 5.16. The van der Waals surface area contributed by atoms with Gasteiger partial charge in [0.1, 0.15) is 18.2 Å². The second-order valence-electron chi connectivity index (χ2n) is 4.36. The molecule has 0 unspecified atom stereocenters. The maximum Gasteiger partial charge on any atom is 0.137 e. The minimum atomic E-state index is -0.287. The van der Waals surface area contributed by atoms with Crippen LogP contribution in [-0.2, 0) is 6.61 Å². The second kappa shape index (κ2) is 6.17. The zero-order valence-corrected chi connectivity index (χ0v) is 12.2. The molecule has 4 heteroatoms. The maximum absolute atomic E-state index is 13.4. The quantitative estimate of drug-likeness (QED) is 0.915. The first-order chi connectivity index (χ1) is 9.08. The van der Waals surface area contributed by atoms with Crippen molar-refractivity contribution in [2.45, 2.75) is 19.6 Å². The molecule has 0 aromatic heterocycles. The fourth-order valence-electron chi connectivity index (χ4n) is 1.71. The van der Waals surface area contributed by atoms with Gasteiger partial charge < -0.3 is 10.5 Å². The van der Waals surface area contributed by atoms with Crippen LogP contribution in [-0.4, -0.2) is 0 Å². The SMILES string of the molecule is C[C@H](N)c1cccc(OCc2cccc(F)c2Br)c1. The van der Waals surface area contributed by atoms with Crippen molar-refractivity contribution in [3.8, 4) is 5.75 Å². The van der Waals surface area contributed by atoms with Crippen LogP contribution in [0.25, 0.3) is 0 Å². The van der Waals surface area contributed by atoms with E-state index in [0.29, 0.717) is 11.1 Å². The molecule has 2 rings (SSSR count). The number of rotatable bonds is 4. The summed E-state index contributed by atoms with van der Waals surface area (Å²) < 4.78 is 19.5. The fourth-order valence-corrected chi connectivity index (χ4v) is 2.09. The minimum Gasteiger partial charge on any atom is -0.489 e. The van der Waals surface area contributed by atoms with E-state index in [2.05, 4.69) is 15.9 Å². The summed E-state index contributed by atoms with van der Waals surface area (Å²) in [4.78, 5) is 0. The van der Waals surface area contributed by atoms with E-state index >= 15 is 0 Å². The first kappa shape index (κ1) is 14.0. The number of hydrogen-bond donors (Lipinski definition) is 1. The van der Waals surface area contributed by atoms with Gasteiger partial charge in [-0.25, -0.2) is 4.39 Å². The molecule has 0 fully saturated rings. The average molecular weight is 324 g/mol. The van der Waals surface area contributed by atoms with E-state index in [1.54, 1.807) is 6.07 Å². The van der Waals surface area contributed by atoms with Crippen molar-refractivity contribution in [3.63, 3.8) is 0 Å². The Morgan fingerprint density at radius 3 is 2.74 bits per heavy atom. The van der Waals surface area contributed by atoms with Crippen LogP contribution in [0.4, 0.5) is 4.39 Å². The summed E-state index contributed by atoms with van der Waals surface area (Å²) in [6.45, 7) is 2.23. The third-order valence-electron chi connectivity index (χ3n) is 2.81. The molecular formula is C15H15BrFNO. The zero-order valence-electron chi connectivity index (χ0n) is 10.6. The summed E-state index contributed by atoms with van der Waals surface area (Å²) >= 11 is 3.22. The molecule has 0 saturated heterocycles. The molecular weight excluding hydrogens is 309 g/mol. The van der Waals surface area contributed by atoms with Crippen molar-refractivity contribution >= 4 is 15.9 Å². The molecule has 1 atom stereocenters. The van der Waals surface area contributed by atoms with Crippen molar-refractivity contribution in [3.05, 3.63) is 63.9 Å². The van der Waals surface area contributed by atoms with Gasteiger partial charge in [0, 0.05) is 11.6 Å². The van der Waals surface area contributed by atoms with Crippen LogP contribution in [0.1, 0.15) is 24.1 Å². The molecule has 2 aromatic carbocycles. The molecule has 19 heavy (non-hydrogen) atoms. The van der Waals surface area contributed by atoms with E-state index in [0.717, 1.165) is 16.9 Å². The molecule has 0 radical (unpaired) electrons. The van der Waals surface area contributed by atoms with Gasteiger partial charge in [-0.3, -0.25) is 0 Å². The van der Waals surface area contributed by atoms with Gasteiger partial charge in [-0.2, -0.15) is 0 Å². The van der Waals surface area contributed by atoms with Crippen LogP contribution in [0.5, 0.6) is 5.75 Å². The first-order valence-electron chi connectivity index (χ1n) is 5.99. The van der Waals surface area contributed by atoms with E-state index in [4.69, 9.17) is 10.5 Å². The molecule has 0 saturated carbocycles. The topological polar surface area (TPSA) is 35.2 Å². The molecule has 100 valence electrons. The Labute approximate surface area is 120 Å². The largest absolute Gasteiger partial charge is 0.489 e. The Morgan fingerprint density at radius 2 is 2.00 bits per heavy atom. The molecule has 0 bridgehead atoms. The molecule has 2 nitrogen and oxygen atoms in total. The monoisotopic (exact) mass is 323 g/mol. The minimum absolute atomic E-state index is 0.0375. The lowest BCUT2D eigenvalue weighted by molar-refractivity contribution is 0.304. The highest BCUT2D eigenvalue weighted by Gasteiger charge is 2.06. The predicted molar refractivity (Wildman–Crippen MR) is 77.5 cm³/mol. The summed E-state index contributed by atoms with van der Waals surface area (Å²) in [6, 6.07) is 12.5. The number of benzene rings is 2. The van der Waals surface area contributed by atoms with Crippen LogP contribution in [0, 0.1) is 5.82 Å². The van der Waals surface area contributed by atoms with Crippen LogP contribution >= 0.6 is 15.9 Å². The highest BCUT2D eigenvalue weighted by molar-refractivity contribution is 9.10. The molecule has 0 amide bonds. The van der Waals surface area contributed by atoms with Crippen molar-refractivity contribution in [1.29, 1.82) is 0 Å². The molecule has 0 spiro atoms. The Bertz CT molecular complexity index is 572. The Balaban J connectivity index is 2.10. The third-order valence-corrected chi connectivity index (χ3v) is 3.70. The van der Waals surface area contributed by atoms with Crippen molar-refractivity contribution in [2.24, 2.45) is 5.73 Å². The van der Waals surface area contributed by atoms with Crippen molar-refractivity contribution < 1.29 is 9.13 Å². The van der Waals surface area contributed by atoms with Gasteiger partial charge in [-0.15, -0.1) is 0 Å².